The Bertz CT molecular complexity index is 965. The van der Waals surface area contributed by atoms with Crippen LogP contribution < -0.4 is 10.6 Å². The summed E-state index contributed by atoms with van der Waals surface area (Å²) in [7, 11) is 0. The van der Waals surface area contributed by atoms with Crippen LogP contribution in [0.1, 0.15) is 29.0 Å². The maximum absolute atomic E-state index is 12.5. The molecule has 0 bridgehead atoms. The number of hydrogen-bond donors (Lipinski definition) is 2. The number of amides is 2. The Kier molecular flexibility index (Phi) is 4.61. The van der Waals surface area contributed by atoms with Gasteiger partial charge in [-0.05, 0) is 37.1 Å². The Morgan fingerprint density at radius 1 is 1.11 bits per heavy atom. The zero-order valence-corrected chi connectivity index (χ0v) is 14.5. The molecule has 1 aromatic carbocycles. The number of benzene rings is 1. The predicted molar refractivity (Wildman–Crippen MR) is 98.1 cm³/mol. The maximum Gasteiger partial charge on any atom is 0.251 e. The number of carbonyl (C=O) groups excluding carboxylic acids is 2. The van der Waals surface area contributed by atoms with Crippen molar-refractivity contribution in [2.24, 2.45) is 5.92 Å². The smallest absolute Gasteiger partial charge is 0.251 e. The molecular weight excluding hydrogens is 344 g/mol. The van der Waals surface area contributed by atoms with E-state index < -0.39 is 0 Å². The number of rotatable bonds is 6. The first-order chi connectivity index (χ1) is 13.2. The number of hydrogen-bond acceptors (Lipinski definition) is 5. The Labute approximate surface area is 155 Å². The first kappa shape index (κ1) is 16.9. The summed E-state index contributed by atoms with van der Waals surface area (Å²) >= 11 is 0. The highest BCUT2D eigenvalue weighted by atomic mass is 16.2. The first-order valence-corrected chi connectivity index (χ1v) is 8.70. The van der Waals surface area contributed by atoms with Crippen molar-refractivity contribution < 1.29 is 9.59 Å². The Morgan fingerprint density at radius 3 is 2.70 bits per heavy atom. The Hall–Kier alpha value is -3.55. The molecule has 1 aliphatic rings. The van der Waals surface area contributed by atoms with Gasteiger partial charge in [0.15, 0.2) is 5.82 Å². The molecule has 2 N–H and O–H groups in total. The molecular formula is C19H18N6O2. The monoisotopic (exact) mass is 362 g/mol. The number of para-hydroxylation sites is 1. The van der Waals surface area contributed by atoms with Crippen molar-refractivity contribution in [3.05, 3.63) is 66.4 Å². The summed E-state index contributed by atoms with van der Waals surface area (Å²) in [4.78, 5) is 32.6. The van der Waals surface area contributed by atoms with E-state index in [0.29, 0.717) is 17.2 Å². The minimum Gasteiger partial charge on any atom is -0.345 e. The van der Waals surface area contributed by atoms with Crippen molar-refractivity contribution in [2.45, 2.75) is 19.4 Å². The van der Waals surface area contributed by atoms with E-state index in [1.165, 1.54) is 12.5 Å². The third kappa shape index (κ3) is 4.00. The molecule has 3 aromatic rings. The van der Waals surface area contributed by atoms with Gasteiger partial charge in [-0.25, -0.2) is 14.6 Å². The molecule has 2 aromatic heterocycles. The average molecular weight is 362 g/mol. The summed E-state index contributed by atoms with van der Waals surface area (Å²) < 4.78 is 1.67. The summed E-state index contributed by atoms with van der Waals surface area (Å²) in [5.41, 5.74) is 1.29. The normalized spacial score (nSPS) is 13.2. The zero-order valence-electron chi connectivity index (χ0n) is 14.5. The molecule has 0 spiro atoms. The highest BCUT2D eigenvalue weighted by Gasteiger charge is 2.29. The van der Waals surface area contributed by atoms with Crippen molar-refractivity contribution in [2.75, 3.05) is 5.32 Å². The summed E-state index contributed by atoms with van der Waals surface area (Å²) in [6.45, 7) is 0.222. The van der Waals surface area contributed by atoms with Gasteiger partial charge in [-0.3, -0.25) is 9.59 Å². The fourth-order valence-electron chi connectivity index (χ4n) is 2.65. The third-order valence-corrected chi connectivity index (χ3v) is 4.25. The van der Waals surface area contributed by atoms with Gasteiger partial charge < -0.3 is 10.6 Å². The van der Waals surface area contributed by atoms with Crippen LogP contribution in [0.2, 0.25) is 0 Å². The number of carbonyl (C=O) groups is 2. The minimum atomic E-state index is -0.276. The second kappa shape index (κ2) is 7.36. The largest absolute Gasteiger partial charge is 0.345 e. The van der Waals surface area contributed by atoms with E-state index >= 15 is 0 Å². The number of anilines is 1. The molecule has 0 aliphatic heterocycles. The fraction of sp³-hybridized carbons (Fsp3) is 0.211. The minimum absolute atomic E-state index is 0.0454. The molecule has 2 amide bonds. The molecule has 2 heterocycles. The molecule has 0 radical (unpaired) electrons. The maximum atomic E-state index is 12.5. The van der Waals surface area contributed by atoms with Crippen molar-refractivity contribution in [1.29, 1.82) is 0 Å². The number of pyridine rings is 1. The van der Waals surface area contributed by atoms with Gasteiger partial charge in [0.1, 0.15) is 12.1 Å². The molecule has 1 saturated carbocycles. The lowest BCUT2D eigenvalue weighted by Crippen LogP contribution is -2.25. The Balaban J connectivity index is 1.42. The van der Waals surface area contributed by atoms with Gasteiger partial charge in [-0.1, -0.05) is 18.2 Å². The summed E-state index contributed by atoms with van der Waals surface area (Å²) in [6, 6.07) is 12.7. The highest BCUT2D eigenvalue weighted by molar-refractivity contribution is 5.97. The molecule has 4 rings (SSSR count). The van der Waals surface area contributed by atoms with Crippen LogP contribution in [0.15, 0.2) is 55.0 Å². The fourth-order valence-corrected chi connectivity index (χ4v) is 2.65. The van der Waals surface area contributed by atoms with Crippen LogP contribution in [0.5, 0.6) is 0 Å². The van der Waals surface area contributed by atoms with E-state index in [9.17, 15) is 9.59 Å². The number of nitrogens with zero attached hydrogens (tertiary/aromatic N) is 4. The van der Waals surface area contributed by atoms with E-state index in [1.54, 1.807) is 16.8 Å². The van der Waals surface area contributed by atoms with E-state index in [4.69, 9.17) is 0 Å². The van der Waals surface area contributed by atoms with Crippen LogP contribution in [-0.4, -0.2) is 31.6 Å². The molecule has 8 nitrogen and oxygen atoms in total. The van der Waals surface area contributed by atoms with Gasteiger partial charge in [0.2, 0.25) is 5.91 Å². The average Bonchev–Trinajstić information content (AvgIpc) is 3.45. The molecule has 1 aliphatic carbocycles. The Morgan fingerprint density at radius 2 is 1.93 bits per heavy atom. The lowest BCUT2D eigenvalue weighted by molar-refractivity contribution is -0.117. The second-order valence-corrected chi connectivity index (χ2v) is 6.30. The third-order valence-electron chi connectivity index (χ3n) is 4.25. The van der Waals surface area contributed by atoms with Gasteiger partial charge >= 0.3 is 0 Å². The van der Waals surface area contributed by atoms with Gasteiger partial charge in [-0.15, -0.1) is 0 Å². The highest BCUT2D eigenvalue weighted by Crippen LogP contribution is 2.29. The molecule has 8 heteroatoms. The second-order valence-electron chi connectivity index (χ2n) is 6.30. The molecule has 27 heavy (non-hydrogen) atoms. The van der Waals surface area contributed by atoms with E-state index in [2.05, 4.69) is 25.7 Å². The molecule has 1 fully saturated rings. The standard InChI is InChI=1S/C19H18N6O2/c26-18(14-8-9-20-16(10-14)24-19(27)13-6-7-13)21-11-17-22-12-23-25(17)15-4-2-1-3-5-15/h1-5,8-10,12-13H,6-7,11H2,(H,21,26)(H,20,24,27). The SMILES string of the molecule is O=C(NCc1ncnn1-c1ccccc1)c1ccnc(NC(=O)C2CC2)c1. The molecule has 136 valence electrons. The molecule has 0 saturated heterocycles. The summed E-state index contributed by atoms with van der Waals surface area (Å²) in [5.74, 6) is 0.754. The zero-order chi connectivity index (χ0) is 18.6. The topological polar surface area (TPSA) is 102 Å². The van der Waals surface area contributed by atoms with Crippen molar-refractivity contribution in [3.63, 3.8) is 0 Å². The van der Waals surface area contributed by atoms with Gasteiger partial charge in [-0.2, -0.15) is 5.10 Å². The van der Waals surface area contributed by atoms with Crippen LogP contribution in [0.3, 0.4) is 0 Å². The van der Waals surface area contributed by atoms with Crippen LogP contribution in [0.4, 0.5) is 5.82 Å². The van der Waals surface area contributed by atoms with Crippen molar-refractivity contribution in [3.8, 4) is 5.69 Å². The van der Waals surface area contributed by atoms with Crippen LogP contribution in [0, 0.1) is 5.92 Å². The van der Waals surface area contributed by atoms with E-state index in [1.807, 2.05) is 30.3 Å². The predicted octanol–water partition coefficient (Wildman–Crippen LogP) is 1.94. The van der Waals surface area contributed by atoms with Crippen molar-refractivity contribution in [1.82, 2.24) is 25.1 Å². The number of nitrogens with one attached hydrogen (secondary N) is 2. The lowest BCUT2D eigenvalue weighted by Gasteiger charge is -2.08. The molecule has 0 unspecified atom stereocenters. The van der Waals surface area contributed by atoms with Gasteiger partial charge in [0.05, 0.1) is 12.2 Å². The van der Waals surface area contributed by atoms with Crippen molar-refractivity contribution >= 4 is 17.6 Å². The van der Waals surface area contributed by atoms with Gasteiger partial charge in [0.25, 0.3) is 5.91 Å². The summed E-state index contributed by atoms with van der Waals surface area (Å²) in [6.07, 6.45) is 4.78. The van der Waals surface area contributed by atoms with Crippen LogP contribution in [-0.2, 0) is 11.3 Å². The van der Waals surface area contributed by atoms with Crippen LogP contribution >= 0.6 is 0 Å². The lowest BCUT2D eigenvalue weighted by atomic mass is 10.2. The quantitative estimate of drug-likeness (QED) is 0.698. The van der Waals surface area contributed by atoms with E-state index in [-0.39, 0.29) is 24.3 Å². The summed E-state index contributed by atoms with van der Waals surface area (Å²) in [5, 5.41) is 9.77. The van der Waals surface area contributed by atoms with Gasteiger partial charge in [0, 0.05) is 17.7 Å². The van der Waals surface area contributed by atoms with Crippen LogP contribution in [0.25, 0.3) is 5.69 Å². The molecule has 0 atom stereocenters. The van der Waals surface area contributed by atoms with E-state index in [0.717, 1.165) is 18.5 Å². The first-order valence-electron chi connectivity index (χ1n) is 8.70. The number of aromatic nitrogens is 4.